The van der Waals surface area contributed by atoms with Crippen molar-refractivity contribution in [1.82, 2.24) is 15.5 Å². The molecule has 2 aromatic rings. The highest BCUT2D eigenvalue weighted by molar-refractivity contribution is 5.92. The third kappa shape index (κ3) is 12.4. The van der Waals surface area contributed by atoms with Gasteiger partial charge in [0.2, 0.25) is 11.8 Å². The summed E-state index contributed by atoms with van der Waals surface area (Å²) < 4.78 is 5.57. The highest BCUT2D eigenvalue weighted by atomic mass is 16.6. The molecule has 2 rings (SSSR count). The van der Waals surface area contributed by atoms with E-state index in [-0.39, 0.29) is 24.3 Å². The summed E-state index contributed by atoms with van der Waals surface area (Å²) in [6.45, 7) is 16.0. The highest BCUT2D eigenvalue weighted by Gasteiger charge is 2.37. The Hall–Kier alpha value is -3.35. The molecule has 0 aliphatic heterocycles. The zero-order chi connectivity index (χ0) is 32.0. The molecule has 0 spiro atoms. The molecule has 43 heavy (non-hydrogen) atoms. The maximum absolute atomic E-state index is 14.7. The Morgan fingerprint density at radius 2 is 1.56 bits per heavy atom. The van der Waals surface area contributed by atoms with Crippen molar-refractivity contribution in [3.8, 4) is 0 Å². The Morgan fingerprint density at radius 1 is 0.884 bits per heavy atom. The first-order chi connectivity index (χ1) is 20.4. The van der Waals surface area contributed by atoms with E-state index in [0.29, 0.717) is 6.54 Å². The van der Waals surface area contributed by atoms with E-state index in [4.69, 9.17) is 4.74 Å². The normalized spacial score (nSPS) is 13.5. The molecule has 238 valence electrons. The summed E-state index contributed by atoms with van der Waals surface area (Å²) in [5.41, 5.74) is 2.95. The fraction of sp³-hybridized carbons (Fsp3) is 0.583. The van der Waals surface area contributed by atoms with Crippen molar-refractivity contribution in [2.24, 2.45) is 0 Å². The molecule has 2 N–H and O–H groups in total. The number of alkyl carbamates (subject to hydrolysis) is 1. The summed E-state index contributed by atoms with van der Waals surface area (Å²) in [4.78, 5) is 43.5. The van der Waals surface area contributed by atoms with Gasteiger partial charge < -0.3 is 20.3 Å². The minimum absolute atomic E-state index is 0.0355. The maximum atomic E-state index is 14.7. The Balaban J connectivity index is 2.60. The predicted molar refractivity (Wildman–Crippen MR) is 175 cm³/mol. The predicted octanol–water partition coefficient (Wildman–Crippen LogP) is 7.58. The summed E-state index contributed by atoms with van der Waals surface area (Å²) >= 11 is 0. The SMILES string of the molecule is CCCCCCCN(C(=O)C(Cc1ccccc1)NC(=O)OC(C)(C)C)C(C(=O)NC(C)CCC)c1cc(C)ccc1C. The van der Waals surface area contributed by atoms with Crippen LogP contribution >= 0.6 is 0 Å². The van der Waals surface area contributed by atoms with Gasteiger partial charge in [0.05, 0.1) is 0 Å². The summed E-state index contributed by atoms with van der Waals surface area (Å²) in [6.07, 6.45) is 6.42. The molecule has 0 radical (unpaired) electrons. The number of nitrogens with zero attached hydrogens (tertiary/aromatic N) is 1. The molecule has 3 atom stereocenters. The first kappa shape index (κ1) is 35.8. The van der Waals surface area contributed by atoms with Gasteiger partial charge >= 0.3 is 6.09 Å². The molecule has 0 saturated carbocycles. The molecule has 0 aliphatic carbocycles. The lowest BCUT2D eigenvalue weighted by Gasteiger charge is -2.36. The minimum Gasteiger partial charge on any atom is -0.444 e. The topological polar surface area (TPSA) is 87.7 Å². The number of unbranched alkanes of at least 4 members (excludes halogenated alkanes) is 4. The maximum Gasteiger partial charge on any atom is 0.408 e. The van der Waals surface area contributed by atoms with E-state index in [9.17, 15) is 14.4 Å². The summed E-state index contributed by atoms with van der Waals surface area (Å²) in [7, 11) is 0. The lowest BCUT2D eigenvalue weighted by molar-refractivity contribution is -0.142. The van der Waals surface area contributed by atoms with Gasteiger partial charge in [0.1, 0.15) is 17.7 Å². The average Bonchev–Trinajstić information content (AvgIpc) is 2.92. The minimum atomic E-state index is -0.915. The van der Waals surface area contributed by atoms with Crippen LogP contribution in [0.4, 0.5) is 4.79 Å². The molecule has 3 unspecified atom stereocenters. The van der Waals surface area contributed by atoms with Crippen LogP contribution in [0.3, 0.4) is 0 Å². The smallest absolute Gasteiger partial charge is 0.408 e. The van der Waals surface area contributed by atoms with E-state index < -0.39 is 23.8 Å². The largest absolute Gasteiger partial charge is 0.444 e. The molecule has 0 bridgehead atoms. The highest BCUT2D eigenvalue weighted by Crippen LogP contribution is 2.28. The van der Waals surface area contributed by atoms with E-state index in [2.05, 4.69) is 24.5 Å². The number of rotatable bonds is 16. The number of carbonyl (C=O) groups is 3. The van der Waals surface area contributed by atoms with Crippen molar-refractivity contribution >= 4 is 17.9 Å². The molecular formula is C36H55N3O4. The molecular weight excluding hydrogens is 538 g/mol. The second-order valence-corrected chi connectivity index (χ2v) is 12.8. The van der Waals surface area contributed by atoms with Crippen molar-refractivity contribution in [3.63, 3.8) is 0 Å². The van der Waals surface area contributed by atoms with Crippen LogP contribution in [0.2, 0.25) is 0 Å². The standard InChI is InChI=1S/C36H55N3O4/c1-9-11-12-13-17-23-39(32(33(40)37-28(5)18-10-2)30-24-26(3)21-22-27(30)4)34(41)31(25-29-19-15-14-16-20-29)38-35(42)43-36(6,7)8/h14-16,19-22,24,28,31-32H,9-13,17-18,23,25H2,1-8H3,(H,37,40)(H,38,42). The Bertz CT molecular complexity index is 1160. The Labute approximate surface area is 260 Å². The van der Waals surface area contributed by atoms with Crippen molar-refractivity contribution in [2.45, 2.75) is 130 Å². The van der Waals surface area contributed by atoms with Gasteiger partial charge in [0, 0.05) is 19.0 Å². The lowest BCUT2D eigenvalue weighted by Crippen LogP contribution is -2.54. The quantitative estimate of drug-likeness (QED) is 0.196. The second kappa shape index (κ2) is 17.7. The number of hydrogen-bond donors (Lipinski definition) is 2. The number of hydrogen-bond acceptors (Lipinski definition) is 4. The molecule has 0 fully saturated rings. The molecule has 0 aromatic heterocycles. The summed E-state index contributed by atoms with van der Waals surface area (Å²) in [6, 6.07) is 13.9. The van der Waals surface area contributed by atoms with Crippen LogP contribution in [-0.4, -0.2) is 47.0 Å². The van der Waals surface area contributed by atoms with Gasteiger partial charge in [-0.05, 0) is 71.1 Å². The van der Waals surface area contributed by atoms with Crippen LogP contribution in [0, 0.1) is 13.8 Å². The summed E-state index contributed by atoms with van der Waals surface area (Å²) in [5.74, 6) is -0.498. The number of benzene rings is 2. The zero-order valence-electron chi connectivity index (χ0n) is 27.8. The fourth-order valence-corrected chi connectivity index (χ4v) is 5.28. The van der Waals surface area contributed by atoms with Crippen molar-refractivity contribution < 1.29 is 19.1 Å². The number of carbonyl (C=O) groups excluding carboxylic acids is 3. The van der Waals surface area contributed by atoms with E-state index in [1.54, 1.807) is 25.7 Å². The third-order valence-corrected chi connectivity index (χ3v) is 7.46. The van der Waals surface area contributed by atoms with Crippen molar-refractivity contribution in [3.05, 3.63) is 70.8 Å². The molecule has 7 heteroatoms. The van der Waals surface area contributed by atoms with Gasteiger partial charge in [-0.1, -0.05) is 100 Å². The molecule has 7 nitrogen and oxygen atoms in total. The van der Waals surface area contributed by atoms with Gasteiger partial charge in [-0.15, -0.1) is 0 Å². The van der Waals surface area contributed by atoms with Gasteiger partial charge in [0.15, 0.2) is 0 Å². The first-order valence-corrected chi connectivity index (χ1v) is 16.1. The van der Waals surface area contributed by atoms with Gasteiger partial charge in [-0.2, -0.15) is 0 Å². The van der Waals surface area contributed by atoms with Crippen LogP contribution in [0.15, 0.2) is 48.5 Å². The van der Waals surface area contributed by atoms with Crippen LogP contribution in [0.1, 0.15) is 115 Å². The number of nitrogens with one attached hydrogen (secondary N) is 2. The van der Waals surface area contributed by atoms with Crippen molar-refractivity contribution in [2.75, 3.05) is 6.54 Å². The second-order valence-electron chi connectivity index (χ2n) is 12.8. The molecule has 2 aromatic carbocycles. The van der Waals surface area contributed by atoms with E-state index in [0.717, 1.165) is 67.2 Å². The van der Waals surface area contributed by atoms with Crippen LogP contribution in [0.25, 0.3) is 0 Å². The Morgan fingerprint density at radius 3 is 2.19 bits per heavy atom. The van der Waals surface area contributed by atoms with Crippen LogP contribution in [0.5, 0.6) is 0 Å². The molecule has 0 heterocycles. The number of ether oxygens (including phenoxy) is 1. The first-order valence-electron chi connectivity index (χ1n) is 16.1. The van der Waals surface area contributed by atoms with E-state index in [1.165, 1.54) is 0 Å². The average molecular weight is 594 g/mol. The van der Waals surface area contributed by atoms with Gasteiger partial charge in [-0.25, -0.2) is 4.79 Å². The van der Waals surface area contributed by atoms with E-state index >= 15 is 0 Å². The number of amides is 3. The Kier molecular flexibility index (Phi) is 14.7. The van der Waals surface area contributed by atoms with Gasteiger partial charge in [-0.3, -0.25) is 9.59 Å². The fourth-order valence-electron chi connectivity index (χ4n) is 5.28. The van der Waals surface area contributed by atoms with Crippen molar-refractivity contribution in [1.29, 1.82) is 0 Å². The third-order valence-electron chi connectivity index (χ3n) is 7.46. The zero-order valence-corrected chi connectivity index (χ0v) is 27.8. The number of aryl methyl sites for hydroxylation is 2. The molecule has 3 amide bonds. The van der Waals surface area contributed by atoms with E-state index in [1.807, 2.05) is 69.3 Å². The molecule has 0 aliphatic rings. The molecule has 0 saturated heterocycles. The van der Waals surface area contributed by atoms with Gasteiger partial charge in [0.25, 0.3) is 0 Å². The summed E-state index contributed by atoms with van der Waals surface area (Å²) in [5, 5.41) is 6.05. The van der Waals surface area contributed by atoms with Crippen LogP contribution in [-0.2, 0) is 20.7 Å². The lowest BCUT2D eigenvalue weighted by atomic mass is 9.94. The monoisotopic (exact) mass is 593 g/mol. The van der Waals surface area contributed by atoms with Crippen LogP contribution < -0.4 is 10.6 Å².